The highest BCUT2D eigenvalue weighted by atomic mass is 35.5. The molecule has 1 aromatic heterocycles. The molecule has 0 aliphatic carbocycles. The van der Waals surface area contributed by atoms with Crippen LogP contribution in [0.15, 0.2) is 12.1 Å². The summed E-state index contributed by atoms with van der Waals surface area (Å²) in [5, 5.41) is 8.61. The predicted octanol–water partition coefficient (Wildman–Crippen LogP) is 1.58. The van der Waals surface area contributed by atoms with Gasteiger partial charge in [-0.15, -0.1) is 0 Å². The molecular formula is C8H5Cl2NO3. The zero-order chi connectivity index (χ0) is 10.7. The Hall–Kier alpha value is -1.13. The van der Waals surface area contributed by atoms with Crippen LogP contribution in [-0.4, -0.2) is 21.8 Å². The number of halogens is 2. The standard InChI is InChI=1S/C8H5Cl2NO3/c9-6-2-4(3-7(10)11-6)1-5(12)8(13)14/h2-3H,1H2,(H,13,14). The lowest BCUT2D eigenvalue weighted by Gasteiger charge is -1.99. The van der Waals surface area contributed by atoms with E-state index in [1.807, 2.05) is 0 Å². The van der Waals surface area contributed by atoms with Gasteiger partial charge in [0.1, 0.15) is 10.3 Å². The average molecular weight is 234 g/mol. The molecule has 1 N–H and O–H groups in total. The third kappa shape index (κ3) is 2.97. The minimum atomic E-state index is -1.48. The number of pyridine rings is 1. The van der Waals surface area contributed by atoms with Gasteiger partial charge in [-0.2, -0.15) is 0 Å². The summed E-state index contributed by atoms with van der Waals surface area (Å²) in [4.78, 5) is 24.7. The van der Waals surface area contributed by atoms with Gasteiger partial charge in [-0.05, 0) is 17.7 Å². The third-order valence-corrected chi connectivity index (χ3v) is 1.81. The van der Waals surface area contributed by atoms with Crippen LogP contribution in [0, 0.1) is 0 Å². The van der Waals surface area contributed by atoms with Crippen molar-refractivity contribution < 1.29 is 14.7 Å². The Morgan fingerprint density at radius 2 is 1.79 bits per heavy atom. The smallest absolute Gasteiger partial charge is 0.372 e. The quantitative estimate of drug-likeness (QED) is 0.636. The normalized spacial score (nSPS) is 9.86. The number of nitrogens with zero attached hydrogens (tertiary/aromatic N) is 1. The summed E-state index contributed by atoms with van der Waals surface area (Å²) >= 11 is 11.1. The Balaban J connectivity index is 2.87. The largest absolute Gasteiger partial charge is 0.475 e. The topological polar surface area (TPSA) is 67.3 Å². The summed E-state index contributed by atoms with van der Waals surface area (Å²) in [5.41, 5.74) is 0.433. The maximum atomic E-state index is 10.8. The number of rotatable bonds is 3. The summed E-state index contributed by atoms with van der Waals surface area (Å²) in [5.74, 6) is -2.39. The molecule has 0 amide bonds. The van der Waals surface area contributed by atoms with Gasteiger partial charge in [0.05, 0.1) is 0 Å². The van der Waals surface area contributed by atoms with Gasteiger partial charge in [0.15, 0.2) is 0 Å². The highest BCUT2D eigenvalue weighted by Gasteiger charge is 2.12. The summed E-state index contributed by atoms with van der Waals surface area (Å²) < 4.78 is 0. The molecule has 6 heteroatoms. The number of carboxylic acid groups (broad SMARTS) is 1. The fourth-order valence-corrected chi connectivity index (χ4v) is 1.38. The van der Waals surface area contributed by atoms with Crippen molar-refractivity contribution in [2.75, 3.05) is 0 Å². The number of carbonyl (C=O) groups is 2. The summed E-state index contributed by atoms with van der Waals surface area (Å²) in [7, 11) is 0. The number of hydrogen-bond acceptors (Lipinski definition) is 3. The Morgan fingerprint density at radius 1 is 1.29 bits per heavy atom. The lowest BCUT2D eigenvalue weighted by Crippen LogP contribution is -2.15. The van der Waals surface area contributed by atoms with Crippen molar-refractivity contribution in [1.82, 2.24) is 4.98 Å². The van der Waals surface area contributed by atoms with Crippen LogP contribution in [-0.2, 0) is 16.0 Å². The van der Waals surface area contributed by atoms with Gasteiger partial charge in [-0.1, -0.05) is 23.2 Å². The molecule has 0 radical (unpaired) electrons. The van der Waals surface area contributed by atoms with Gasteiger partial charge in [-0.3, -0.25) is 4.79 Å². The SMILES string of the molecule is O=C(O)C(=O)Cc1cc(Cl)nc(Cl)c1. The minimum absolute atomic E-state index is 0.130. The monoisotopic (exact) mass is 233 g/mol. The van der Waals surface area contributed by atoms with Crippen LogP contribution in [0.1, 0.15) is 5.56 Å². The van der Waals surface area contributed by atoms with Crippen LogP contribution in [0.25, 0.3) is 0 Å². The van der Waals surface area contributed by atoms with E-state index in [0.29, 0.717) is 5.56 Å². The minimum Gasteiger partial charge on any atom is -0.475 e. The zero-order valence-corrected chi connectivity index (χ0v) is 8.34. The number of ketones is 1. The molecule has 0 spiro atoms. The van der Waals surface area contributed by atoms with Crippen molar-refractivity contribution in [3.63, 3.8) is 0 Å². The summed E-state index contributed by atoms with van der Waals surface area (Å²) in [6, 6.07) is 2.79. The molecule has 0 bridgehead atoms. The van der Waals surface area contributed by atoms with Gasteiger partial charge in [0.25, 0.3) is 0 Å². The van der Waals surface area contributed by atoms with Crippen LogP contribution in [0.2, 0.25) is 10.3 Å². The van der Waals surface area contributed by atoms with Crippen LogP contribution in [0.5, 0.6) is 0 Å². The van der Waals surface area contributed by atoms with Crippen LogP contribution in [0.3, 0.4) is 0 Å². The molecule has 1 rings (SSSR count). The molecule has 0 aliphatic heterocycles. The first kappa shape index (κ1) is 10.9. The van der Waals surface area contributed by atoms with Crippen LogP contribution >= 0.6 is 23.2 Å². The van der Waals surface area contributed by atoms with E-state index in [1.165, 1.54) is 12.1 Å². The fraction of sp³-hybridized carbons (Fsp3) is 0.125. The van der Waals surface area contributed by atoms with Crippen molar-refractivity contribution in [2.24, 2.45) is 0 Å². The number of Topliss-reactive ketones (excluding diaryl/α,β-unsaturated/α-hetero) is 1. The maximum Gasteiger partial charge on any atom is 0.372 e. The van der Waals surface area contributed by atoms with Gasteiger partial charge < -0.3 is 5.11 Å². The Kier molecular flexibility index (Phi) is 3.43. The van der Waals surface area contributed by atoms with Crippen molar-refractivity contribution >= 4 is 35.0 Å². The van der Waals surface area contributed by atoms with Crippen molar-refractivity contribution in [2.45, 2.75) is 6.42 Å². The third-order valence-electron chi connectivity index (χ3n) is 1.43. The van der Waals surface area contributed by atoms with E-state index in [4.69, 9.17) is 28.3 Å². The van der Waals surface area contributed by atoms with E-state index in [0.717, 1.165) is 0 Å². The number of hydrogen-bond donors (Lipinski definition) is 1. The number of aliphatic carboxylic acids is 1. The van der Waals surface area contributed by atoms with E-state index >= 15 is 0 Å². The van der Waals surface area contributed by atoms with E-state index in [-0.39, 0.29) is 16.7 Å². The Bertz CT molecular complexity index is 372. The molecule has 74 valence electrons. The van der Waals surface area contributed by atoms with E-state index in [2.05, 4.69) is 4.98 Å². The van der Waals surface area contributed by atoms with E-state index in [9.17, 15) is 9.59 Å². The molecule has 0 aromatic carbocycles. The Labute approximate surface area is 89.5 Å². The second-order valence-electron chi connectivity index (χ2n) is 2.53. The molecule has 1 aromatic rings. The molecule has 0 unspecified atom stereocenters. The number of carbonyl (C=O) groups excluding carboxylic acids is 1. The lowest BCUT2D eigenvalue weighted by molar-refractivity contribution is -0.148. The zero-order valence-electron chi connectivity index (χ0n) is 6.83. The first-order chi connectivity index (χ1) is 6.49. The molecule has 4 nitrogen and oxygen atoms in total. The molecule has 0 saturated carbocycles. The summed E-state index contributed by atoms with van der Waals surface area (Å²) in [6.07, 6.45) is -0.239. The van der Waals surface area contributed by atoms with Crippen LogP contribution < -0.4 is 0 Å². The van der Waals surface area contributed by atoms with Gasteiger partial charge in [-0.25, -0.2) is 9.78 Å². The fourth-order valence-electron chi connectivity index (χ4n) is 0.877. The molecule has 0 fully saturated rings. The highest BCUT2D eigenvalue weighted by Crippen LogP contribution is 2.15. The van der Waals surface area contributed by atoms with Crippen molar-refractivity contribution in [3.8, 4) is 0 Å². The lowest BCUT2D eigenvalue weighted by atomic mass is 10.1. The molecular weight excluding hydrogens is 229 g/mol. The molecule has 14 heavy (non-hydrogen) atoms. The molecule has 0 aliphatic rings. The maximum absolute atomic E-state index is 10.8. The van der Waals surface area contributed by atoms with Gasteiger partial charge in [0, 0.05) is 6.42 Å². The Morgan fingerprint density at radius 3 is 2.21 bits per heavy atom. The first-order valence-electron chi connectivity index (χ1n) is 3.57. The number of carboxylic acids is 1. The van der Waals surface area contributed by atoms with E-state index < -0.39 is 11.8 Å². The average Bonchev–Trinajstić information content (AvgIpc) is 2.01. The van der Waals surface area contributed by atoms with E-state index in [1.54, 1.807) is 0 Å². The van der Waals surface area contributed by atoms with Gasteiger partial charge in [0.2, 0.25) is 5.78 Å². The first-order valence-corrected chi connectivity index (χ1v) is 4.32. The van der Waals surface area contributed by atoms with Crippen LogP contribution in [0.4, 0.5) is 0 Å². The predicted molar refractivity (Wildman–Crippen MR) is 50.6 cm³/mol. The second-order valence-corrected chi connectivity index (χ2v) is 3.30. The second kappa shape index (κ2) is 4.39. The molecule has 0 saturated heterocycles. The molecule has 0 atom stereocenters. The summed E-state index contributed by atoms with van der Waals surface area (Å²) in [6.45, 7) is 0. The van der Waals surface area contributed by atoms with Crippen molar-refractivity contribution in [1.29, 1.82) is 0 Å². The molecule has 1 heterocycles. The van der Waals surface area contributed by atoms with Gasteiger partial charge >= 0.3 is 5.97 Å². The number of aromatic nitrogens is 1. The highest BCUT2D eigenvalue weighted by molar-refractivity contribution is 6.34. The van der Waals surface area contributed by atoms with Crippen molar-refractivity contribution in [3.05, 3.63) is 28.0 Å².